The number of alkyl halides is 3. The first kappa shape index (κ1) is 20.0. The highest BCUT2D eigenvalue weighted by Crippen LogP contribution is 2.44. The van der Waals surface area contributed by atoms with Crippen molar-refractivity contribution in [2.75, 3.05) is 14.2 Å². The van der Waals surface area contributed by atoms with Gasteiger partial charge in [0.05, 0.1) is 25.5 Å². The van der Waals surface area contributed by atoms with E-state index in [0.29, 0.717) is 17.2 Å². The summed E-state index contributed by atoms with van der Waals surface area (Å²) >= 11 is 1.52. The van der Waals surface area contributed by atoms with Crippen LogP contribution in [0.2, 0.25) is 0 Å². The highest BCUT2D eigenvalue weighted by molar-refractivity contribution is 7.18. The summed E-state index contributed by atoms with van der Waals surface area (Å²) in [6.07, 6.45) is -2.94. The van der Waals surface area contributed by atoms with Crippen molar-refractivity contribution in [3.63, 3.8) is 0 Å². The Hall–Kier alpha value is -3.33. The van der Waals surface area contributed by atoms with Gasteiger partial charge in [-0.1, -0.05) is 6.07 Å². The van der Waals surface area contributed by atoms with Gasteiger partial charge in [0.1, 0.15) is 22.9 Å². The molecule has 1 aromatic carbocycles. The Kier molecular flexibility index (Phi) is 5.21. The topological polar surface area (TPSA) is 60.0 Å². The quantitative estimate of drug-likeness (QED) is 0.427. The maximum atomic E-state index is 12.8. The van der Waals surface area contributed by atoms with Crippen LogP contribution in [-0.4, -0.2) is 29.4 Å². The predicted molar refractivity (Wildman–Crippen MR) is 109 cm³/mol. The van der Waals surface area contributed by atoms with Gasteiger partial charge in [0.25, 0.3) is 0 Å². The number of H-pyrrole nitrogens is 1. The van der Waals surface area contributed by atoms with Crippen LogP contribution in [0.3, 0.4) is 0 Å². The van der Waals surface area contributed by atoms with E-state index in [0.717, 1.165) is 26.9 Å². The number of hydrogen-bond acceptors (Lipinski definition) is 5. The number of halogens is 3. The van der Waals surface area contributed by atoms with Gasteiger partial charge >= 0.3 is 6.18 Å². The number of aromatic nitrogens is 3. The normalized spacial score (nSPS) is 11.5. The molecule has 5 nitrogen and oxygen atoms in total. The van der Waals surface area contributed by atoms with Crippen LogP contribution in [0.1, 0.15) is 5.69 Å². The van der Waals surface area contributed by atoms with E-state index in [9.17, 15) is 13.2 Å². The molecule has 4 aromatic rings. The lowest BCUT2D eigenvalue weighted by atomic mass is 10.1. The summed E-state index contributed by atoms with van der Waals surface area (Å²) in [6.45, 7) is 0. The Morgan fingerprint density at radius 1 is 0.900 bits per heavy atom. The minimum absolute atomic E-state index is 0.132. The van der Waals surface area contributed by atoms with Crippen molar-refractivity contribution < 1.29 is 22.6 Å². The summed E-state index contributed by atoms with van der Waals surface area (Å²) in [4.78, 5) is 6.03. The molecule has 0 radical (unpaired) electrons. The predicted octanol–water partition coefficient (Wildman–Crippen LogP) is 5.90. The SMILES string of the molecule is COc1cccc(OC)c1-c1ccc(-c2ccnc(-c3cc(C(F)(F)F)[nH]n3)c2)s1. The summed E-state index contributed by atoms with van der Waals surface area (Å²) in [5.41, 5.74) is 1.24. The van der Waals surface area contributed by atoms with Crippen LogP contribution in [0, 0.1) is 0 Å². The fraction of sp³-hybridized carbons (Fsp3) is 0.143. The first-order valence-corrected chi connectivity index (χ1v) is 9.63. The fourth-order valence-corrected chi connectivity index (χ4v) is 4.10. The summed E-state index contributed by atoms with van der Waals surface area (Å²) < 4.78 is 49.5. The maximum Gasteiger partial charge on any atom is 0.432 e. The number of thiophene rings is 1. The monoisotopic (exact) mass is 431 g/mol. The van der Waals surface area contributed by atoms with E-state index in [1.54, 1.807) is 32.5 Å². The number of aromatic amines is 1. The van der Waals surface area contributed by atoms with Crippen LogP contribution < -0.4 is 9.47 Å². The molecule has 0 atom stereocenters. The van der Waals surface area contributed by atoms with Gasteiger partial charge in [-0.3, -0.25) is 10.1 Å². The zero-order valence-electron chi connectivity index (χ0n) is 15.9. The van der Waals surface area contributed by atoms with Gasteiger partial charge in [-0.2, -0.15) is 18.3 Å². The Bertz CT molecular complexity index is 1160. The zero-order chi connectivity index (χ0) is 21.3. The van der Waals surface area contributed by atoms with E-state index >= 15 is 0 Å². The first-order valence-electron chi connectivity index (χ1n) is 8.81. The molecule has 0 aliphatic carbocycles. The van der Waals surface area contributed by atoms with Crippen LogP contribution in [0.5, 0.6) is 11.5 Å². The highest BCUT2D eigenvalue weighted by Gasteiger charge is 2.33. The van der Waals surface area contributed by atoms with Crippen LogP contribution in [-0.2, 0) is 6.18 Å². The number of methoxy groups -OCH3 is 2. The molecule has 154 valence electrons. The molecule has 0 aliphatic rings. The van der Waals surface area contributed by atoms with Crippen LogP contribution in [0.25, 0.3) is 32.3 Å². The Balaban J connectivity index is 1.70. The molecule has 3 heterocycles. The lowest BCUT2D eigenvalue weighted by Gasteiger charge is -2.11. The van der Waals surface area contributed by atoms with Crippen molar-refractivity contribution in [2.24, 2.45) is 0 Å². The standard InChI is InChI=1S/C21H16F3N3O2S/c1-28-15-4-3-5-16(29-2)20(15)18-7-6-17(30-18)12-8-9-25-13(10-12)14-11-19(27-26-14)21(22,23)24/h3-11H,1-2H3,(H,26,27). The van der Waals surface area contributed by atoms with Crippen molar-refractivity contribution >= 4 is 11.3 Å². The minimum atomic E-state index is -4.49. The smallest absolute Gasteiger partial charge is 0.432 e. The molecule has 0 aliphatic heterocycles. The third-order valence-corrected chi connectivity index (χ3v) is 5.62. The minimum Gasteiger partial charge on any atom is -0.496 e. The van der Waals surface area contributed by atoms with Gasteiger partial charge in [-0.15, -0.1) is 11.3 Å². The molecular formula is C21H16F3N3O2S. The van der Waals surface area contributed by atoms with Gasteiger partial charge in [0.2, 0.25) is 0 Å². The number of benzene rings is 1. The summed E-state index contributed by atoms with van der Waals surface area (Å²) in [7, 11) is 3.20. The summed E-state index contributed by atoms with van der Waals surface area (Å²) in [5.74, 6) is 1.38. The molecule has 3 aromatic heterocycles. The number of rotatable bonds is 5. The Morgan fingerprint density at radius 2 is 1.60 bits per heavy atom. The lowest BCUT2D eigenvalue weighted by Crippen LogP contribution is -2.04. The van der Waals surface area contributed by atoms with E-state index in [1.807, 2.05) is 35.4 Å². The Labute approximate surface area is 174 Å². The van der Waals surface area contributed by atoms with Crippen LogP contribution in [0.15, 0.2) is 54.7 Å². The number of nitrogens with zero attached hydrogens (tertiary/aromatic N) is 2. The maximum absolute atomic E-state index is 12.8. The highest BCUT2D eigenvalue weighted by atomic mass is 32.1. The van der Waals surface area contributed by atoms with E-state index in [1.165, 1.54) is 11.3 Å². The summed E-state index contributed by atoms with van der Waals surface area (Å²) in [5, 5.41) is 5.76. The van der Waals surface area contributed by atoms with Gasteiger partial charge < -0.3 is 9.47 Å². The van der Waals surface area contributed by atoms with E-state index in [-0.39, 0.29) is 5.69 Å². The first-order chi connectivity index (χ1) is 14.4. The second-order valence-corrected chi connectivity index (χ2v) is 7.38. The summed E-state index contributed by atoms with van der Waals surface area (Å²) in [6, 6.07) is 13.9. The molecule has 0 fully saturated rings. The number of hydrogen-bond donors (Lipinski definition) is 1. The third-order valence-electron chi connectivity index (χ3n) is 4.47. The Morgan fingerprint density at radius 3 is 2.23 bits per heavy atom. The molecule has 0 unspecified atom stereocenters. The van der Waals surface area contributed by atoms with Crippen molar-refractivity contribution in [2.45, 2.75) is 6.18 Å². The largest absolute Gasteiger partial charge is 0.496 e. The molecule has 0 spiro atoms. The molecule has 0 bridgehead atoms. The van der Waals surface area contributed by atoms with Gasteiger partial charge in [-0.05, 0) is 48.0 Å². The number of nitrogens with one attached hydrogen (secondary N) is 1. The lowest BCUT2D eigenvalue weighted by molar-refractivity contribution is -0.141. The molecule has 9 heteroatoms. The zero-order valence-corrected chi connectivity index (χ0v) is 16.8. The molecule has 0 saturated carbocycles. The molecule has 1 N–H and O–H groups in total. The second-order valence-electron chi connectivity index (χ2n) is 6.30. The van der Waals surface area contributed by atoms with Gasteiger partial charge in [-0.25, -0.2) is 0 Å². The van der Waals surface area contributed by atoms with E-state index in [2.05, 4.69) is 10.1 Å². The van der Waals surface area contributed by atoms with Gasteiger partial charge in [0, 0.05) is 16.0 Å². The number of ether oxygens (including phenoxy) is 2. The number of pyridine rings is 1. The van der Waals surface area contributed by atoms with Crippen molar-refractivity contribution in [1.82, 2.24) is 15.2 Å². The van der Waals surface area contributed by atoms with Crippen molar-refractivity contribution in [3.8, 4) is 43.8 Å². The molecule has 0 saturated heterocycles. The fourth-order valence-electron chi connectivity index (χ4n) is 3.04. The molecule has 4 rings (SSSR count). The molecular weight excluding hydrogens is 415 g/mol. The van der Waals surface area contributed by atoms with Crippen molar-refractivity contribution in [3.05, 3.63) is 60.4 Å². The average molecular weight is 431 g/mol. The second kappa shape index (κ2) is 7.83. The van der Waals surface area contributed by atoms with Crippen LogP contribution >= 0.6 is 11.3 Å². The van der Waals surface area contributed by atoms with Crippen molar-refractivity contribution in [1.29, 1.82) is 0 Å². The molecule has 30 heavy (non-hydrogen) atoms. The van der Waals surface area contributed by atoms with Crippen LogP contribution in [0.4, 0.5) is 13.2 Å². The van der Waals surface area contributed by atoms with Gasteiger partial charge in [0.15, 0.2) is 0 Å². The van der Waals surface area contributed by atoms with E-state index < -0.39 is 11.9 Å². The third kappa shape index (κ3) is 3.76. The molecule has 0 amide bonds. The average Bonchev–Trinajstić information content (AvgIpc) is 3.43. The van der Waals surface area contributed by atoms with E-state index in [4.69, 9.17) is 9.47 Å².